The molecule has 1 amide bonds. The van der Waals surface area contributed by atoms with Crippen LogP contribution in [0.5, 0.6) is 17.2 Å². The third kappa shape index (κ3) is 5.54. The Morgan fingerprint density at radius 2 is 1.83 bits per heavy atom. The molecule has 2 aromatic rings. The predicted molar refractivity (Wildman–Crippen MR) is 139 cm³/mol. The Balaban J connectivity index is 2.15. The second-order valence-electron chi connectivity index (χ2n) is 8.72. The van der Waals surface area contributed by atoms with Gasteiger partial charge in [-0.25, -0.2) is 0 Å². The number of rotatable bonds is 11. The number of carbonyl (C=O) groups is 2. The molecule has 1 N–H and O–H groups in total. The lowest BCUT2D eigenvalue weighted by molar-refractivity contribution is -0.140. The van der Waals surface area contributed by atoms with Crippen molar-refractivity contribution in [2.24, 2.45) is 0 Å². The van der Waals surface area contributed by atoms with E-state index in [4.69, 9.17) is 14.2 Å². The lowest BCUT2D eigenvalue weighted by Gasteiger charge is -2.27. The normalized spacial score (nSPS) is 16.9. The Labute approximate surface area is 212 Å². The predicted octanol–water partition coefficient (Wildman–Crippen LogP) is 3.95. The number of aryl methyl sites for hydroxylation is 1. The van der Waals surface area contributed by atoms with Gasteiger partial charge in [-0.05, 0) is 69.4 Å². The first kappa shape index (κ1) is 26.8. The Morgan fingerprint density at radius 3 is 2.44 bits per heavy atom. The number of likely N-dealkylation sites (tertiary alicyclic amines) is 1. The highest BCUT2D eigenvalue weighted by molar-refractivity contribution is 6.46. The number of benzene rings is 2. The molecule has 36 heavy (non-hydrogen) atoms. The monoisotopic (exact) mass is 494 g/mol. The second-order valence-corrected chi connectivity index (χ2v) is 8.72. The lowest BCUT2D eigenvalue weighted by atomic mass is 9.94. The molecule has 2 aromatic carbocycles. The summed E-state index contributed by atoms with van der Waals surface area (Å²) >= 11 is 0. The fraction of sp³-hybridized carbons (Fsp3) is 0.357. The number of nitrogens with zero attached hydrogens (tertiary/aromatic N) is 2. The number of aliphatic hydroxyl groups is 1. The van der Waals surface area contributed by atoms with E-state index >= 15 is 0 Å². The molecule has 1 aliphatic heterocycles. The van der Waals surface area contributed by atoms with Gasteiger partial charge < -0.3 is 29.1 Å². The van der Waals surface area contributed by atoms with Gasteiger partial charge in [0.15, 0.2) is 11.5 Å². The third-order valence-corrected chi connectivity index (χ3v) is 5.94. The summed E-state index contributed by atoms with van der Waals surface area (Å²) in [4.78, 5) is 29.8. The van der Waals surface area contributed by atoms with Crippen molar-refractivity contribution in [2.45, 2.75) is 19.9 Å². The van der Waals surface area contributed by atoms with Crippen LogP contribution in [-0.4, -0.2) is 74.1 Å². The van der Waals surface area contributed by atoms with Crippen LogP contribution in [0.25, 0.3) is 5.76 Å². The van der Waals surface area contributed by atoms with Gasteiger partial charge in [0.25, 0.3) is 11.7 Å². The summed E-state index contributed by atoms with van der Waals surface area (Å²) in [6.45, 7) is 9.08. The molecule has 192 valence electrons. The SMILES string of the molecule is C=CCOc1ccc(C2/C(=C(\O)c3ccc(OCC)c(C)c3)C(=O)C(=O)N2CCN(C)C)cc1OC. The van der Waals surface area contributed by atoms with E-state index in [2.05, 4.69) is 6.58 Å². The van der Waals surface area contributed by atoms with Gasteiger partial charge in [0.05, 0.1) is 25.3 Å². The highest BCUT2D eigenvalue weighted by Crippen LogP contribution is 2.42. The van der Waals surface area contributed by atoms with E-state index in [0.717, 1.165) is 5.56 Å². The molecule has 0 aromatic heterocycles. The molecule has 0 bridgehead atoms. The number of carbonyl (C=O) groups excluding carboxylic acids is 2. The summed E-state index contributed by atoms with van der Waals surface area (Å²) < 4.78 is 16.8. The van der Waals surface area contributed by atoms with Crippen LogP contribution >= 0.6 is 0 Å². The molecule has 3 rings (SSSR count). The van der Waals surface area contributed by atoms with E-state index in [1.165, 1.54) is 12.0 Å². The van der Waals surface area contributed by atoms with Crippen molar-refractivity contribution in [3.8, 4) is 17.2 Å². The van der Waals surface area contributed by atoms with Gasteiger partial charge >= 0.3 is 0 Å². The molecule has 0 radical (unpaired) electrons. The van der Waals surface area contributed by atoms with E-state index in [0.29, 0.717) is 54.7 Å². The molecular formula is C28H34N2O6. The molecule has 1 unspecified atom stereocenters. The average molecular weight is 495 g/mol. The average Bonchev–Trinajstić information content (AvgIpc) is 3.11. The number of Topliss-reactive ketones (excluding diaryl/α,β-unsaturated/α-hetero) is 1. The van der Waals surface area contributed by atoms with Crippen LogP contribution in [0.15, 0.2) is 54.6 Å². The zero-order valence-corrected chi connectivity index (χ0v) is 21.5. The van der Waals surface area contributed by atoms with E-state index in [1.54, 1.807) is 42.5 Å². The van der Waals surface area contributed by atoms with Crippen LogP contribution in [0.1, 0.15) is 29.7 Å². The first-order chi connectivity index (χ1) is 17.2. The van der Waals surface area contributed by atoms with Gasteiger partial charge in [0.2, 0.25) is 0 Å². The first-order valence-electron chi connectivity index (χ1n) is 11.8. The molecule has 0 aliphatic carbocycles. The van der Waals surface area contributed by atoms with Crippen molar-refractivity contribution in [3.05, 3.63) is 71.3 Å². The Bertz CT molecular complexity index is 1170. The van der Waals surface area contributed by atoms with Crippen molar-refractivity contribution in [1.29, 1.82) is 0 Å². The van der Waals surface area contributed by atoms with Gasteiger partial charge in [0.1, 0.15) is 18.1 Å². The molecule has 1 fully saturated rings. The minimum Gasteiger partial charge on any atom is -0.507 e. The van der Waals surface area contributed by atoms with E-state index in [1.807, 2.05) is 32.8 Å². The zero-order chi connectivity index (χ0) is 26.4. The van der Waals surface area contributed by atoms with Gasteiger partial charge in [-0.2, -0.15) is 0 Å². The largest absolute Gasteiger partial charge is 0.507 e. The molecule has 8 nitrogen and oxygen atoms in total. The highest BCUT2D eigenvalue weighted by atomic mass is 16.5. The van der Waals surface area contributed by atoms with Crippen molar-refractivity contribution in [2.75, 3.05) is 47.5 Å². The number of hydrogen-bond acceptors (Lipinski definition) is 7. The van der Waals surface area contributed by atoms with Gasteiger partial charge in [-0.15, -0.1) is 0 Å². The molecule has 8 heteroatoms. The Kier molecular flexibility index (Phi) is 8.77. The van der Waals surface area contributed by atoms with Gasteiger partial charge in [-0.3, -0.25) is 9.59 Å². The van der Waals surface area contributed by atoms with Crippen LogP contribution in [-0.2, 0) is 9.59 Å². The number of aliphatic hydroxyl groups excluding tert-OH is 1. The standard InChI is InChI=1S/C28H34N2O6/c1-7-15-36-22-12-9-19(17-23(22)34-6)25-24(27(32)28(33)30(25)14-13-29(4)5)26(31)20-10-11-21(35-8-2)18(3)16-20/h7,9-12,16-17,25,31H,1,8,13-15H2,2-6H3/b26-24+. The molecule has 1 atom stereocenters. The molecule has 1 heterocycles. The van der Waals surface area contributed by atoms with Crippen LogP contribution in [0.4, 0.5) is 0 Å². The maximum Gasteiger partial charge on any atom is 0.295 e. The number of likely N-dealkylation sites (N-methyl/N-ethyl adjacent to an activating group) is 1. The summed E-state index contributed by atoms with van der Waals surface area (Å²) in [6.07, 6.45) is 1.63. The zero-order valence-electron chi connectivity index (χ0n) is 21.5. The topological polar surface area (TPSA) is 88.5 Å². The highest BCUT2D eigenvalue weighted by Gasteiger charge is 2.46. The maximum absolute atomic E-state index is 13.3. The summed E-state index contributed by atoms with van der Waals surface area (Å²) in [7, 11) is 5.30. The molecule has 0 saturated carbocycles. The number of ether oxygens (including phenoxy) is 3. The summed E-state index contributed by atoms with van der Waals surface area (Å²) in [6, 6.07) is 9.62. The summed E-state index contributed by atoms with van der Waals surface area (Å²) in [5.41, 5.74) is 1.90. The van der Waals surface area contributed by atoms with Crippen LogP contribution in [0.2, 0.25) is 0 Å². The van der Waals surface area contributed by atoms with Crippen molar-refractivity contribution < 1.29 is 28.9 Å². The second kappa shape index (κ2) is 11.8. The van der Waals surface area contributed by atoms with Crippen molar-refractivity contribution >= 4 is 17.4 Å². The molecular weight excluding hydrogens is 460 g/mol. The van der Waals surface area contributed by atoms with Gasteiger partial charge in [0, 0.05) is 18.7 Å². The van der Waals surface area contributed by atoms with E-state index < -0.39 is 17.7 Å². The molecule has 1 saturated heterocycles. The third-order valence-electron chi connectivity index (χ3n) is 5.94. The maximum atomic E-state index is 13.3. The van der Waals surface area contributed by atoms with Gasteiger partial charge in [-0.1, -0.05) is 18.7 Å². The summed E-state index contributed by atoms with van der Waals surface area (Å²) in [5.74, 6) is 0.0310. The van der Waals surface area contributed by atoms with E-state index in [-0.39, 0.29) is 11.3 Å². The minimum atomic E-state index is -0.792. The number of ketones is 1. The van der Waals surface area contributed by atoms with Crippen LogP contribution in [0, 0.1) is 6.92 Å². The van der Waals surface area contributed by atoms with E-state index in [9.17, 15) is 14.7 Å². The van der Waals surface area contributed by atoms with Crippen molar-refractivity contribution in [3.63, 3.8) is 0 Å². The van der Waals surface area contributed by atoms with Crippen LogP contribution in [0.3, 0.4) is 0 Å². The van der Waals surface area contributed by atoms with Crippen molar-refractivity contribution in [1.82, 2.24) is 9.80 Å². The molecule has 0 spiro atoms. The lowest BCUT2D eigenvalue weighted by Crippen LogP contribution is -2.35. The Hall–Kier alpha value is -3.78. The number of amides is 1. The number of hydrogen-bond donors (Lipinski definition) is 1. The fourth-order valence-corrected chi connectivity index (χ4v) is 4.16. The smallest absolute Gasteiger partial charge is 0.295 e. The Morgan fingerprint density at radius 1 is 1.11 bits per heavy atom. The minimum absolute atomic E-state index is 0.0316. The molecule has 1 aliphatic rings. The number of methoxy groups -OCH3 is 1. The fourth-order valence-electron chi connectivity index (χ4n) is 4.16. The summed E-state index contributed by atoms with van der Waals surface area (Å²) in [5, 5.41) is 11.3. The van der Waals surface area contributed by atoms with Crippen LogP contribution < -0.4 is 14.2 Å². The first-order valence-corrected chi connectivity index (χ1v) is 11.8. The quantitative estimate of drug-likeness (QED) is 0.219.